The van der Waals surface area contributed by atoms with Gasteiger partial charge in [-0.3, -0.25) is 14.9 Å². The summed E-state index contributed by atoms with van der Waals surface area (Å²) >= 11 is 0. The predicted molar refractivity (Wildman–Crippen MR) is 158 cm³/mol. The van der Waals surface area contributed by atoms with E-state index in [-0.39, 0.29) is 23.3 Å². The lowest BCUT2D eigenvalue weighted by Crippen LogP contribution is -2.37. The van der Waals surface area contributed by atoms with E-state index in [0.29, 0.717) is 30.8 Å². The van der Waals surface area contributed by atoms with Crippen LogP contribution < -0.4 is 5.32 Å². The van der Waals surface area contributed by atoms with E-state index in [1.165, 1.54) is 5.56 Å². The van der Waals surface area contributed by atoms with Gasteiger partial charge in [0.25, 0.3) is 11.8 Å². The van der Waals surface area contributed by atoms with Crippen LogP contribution in [0.4, 0.5) is 4.79 Å². The van der Waals surface area contributed by atoms with Crippen LogP contribution in [0, 0.1) is 5.41 Å². The number of carbonyl (C=O) groups is 3. The van der Waals surface area contributed by atoms with Crippen molar-refractivity contribution in [2.45, 2.75) is 66.3 Å². The number of imide groups is 1. The Kier molecular flexibility index (Phi) is 5.37. The Morgan fingerprint density at radius 2 is 1.44 bits per heavy atom. The van der Waals surface area contributed by atoms with Gasteiger partial charge in [-0.1, -0.05) is 50.2 Å². The number of hydrogen-bond acceptors (Lipinski definition) is 4. The highest BCUT2D eigenvalue weighted by Crippen LogP contribution is 2.43. The van der Waals surface area contributed by atoms with E-state index >= 15 is 0 Å². The summed E-state index contributed by atoms with van der Waals surface area (Å²) in [6.07, 6.45) is 4.63. The maximum atomic E-state index is 13.5. The number of rotatable bonds is 2. The van der Waals surface area contributed by atoms with Gasteiger partial charge in [0.2, 0.25) is 0 Å². The van der Waals surface area contributed by atoms with Gasteiger partial charge in [-0.15, -0.1) is 0 Å². The zero-order valence-corrected chi connectivity index (χ0v) is 24.1. The molecule has 0 radical (unpaired) electrons. The lowest BCUT2D eigenvalue weighted by molar-refractivity contribution is -0.122. The largest absolute Gasteiger partial charge is 0.444 e. The van der Waals surface area contributed by atoms with E-state index < -0.39 is 5.60 Å². The first-order chi connectivity index (χ1) is 19.4. The lowest BCUT2D eigenvalue weighted by atomic mass is 9.82. The molecule has 2 aromatic heterocycles. The molecule has 2 aromatic carbocycles. The van der Waals surface area contributed by atoms with Crippen LogP contribution in [0.1, 0.15) is 56.9 Å². The SMILES string of the molecule is CC1(C)Cc2cccc3c(C4=C(c5cn6c7c(cccc57)CN(C(=O)OC(C)(C)C)CC6)C(=O)NC4=O)cn(c23)C1. The fourth-order valence-electron chi connectivity index (χ4n) is 6.84. The molecule has 41 heavy (non-hydrogen) atoms. The highest BCUT2D eigenvalue weighted by Gasteiger charge is 2.37. The average molecular weight is 551 g/mol. The number of para-hydroxylation sites is 2. The summed E-state index contributed by atoms with van der Waals surface area (Å²) in [5, 5.41) is 4.47. The van der Waals surface area contributed by atoms with Crippen LogP contribution >= 0.6 is 0 Å². The highest BCUT2D eigenvalue weighted by molar-refractivity contribution is 6.50. The van der Waals surface area contributed by atoms with Crippen molar-refractivity contribution in [1.29, 1.82) is 0 Å². The fraction of sp³-hybridized carbons (Fsp3) is 0.364. The Balaban J connectivity index is 1.38. The standard InChI is InChI=1S/C33H34N4O4/c1-32(2,3)41-31(40)36-13-12-35-16-23(22-11-7-9-20(15-36)28(22)35)25-26(30(39)34-29(25)38)24-17-37-18-33(4,5)14-19-8-6-10-21(24)27(19)37/h6-11,16-17H,12-15,18H2,1-5H3,(H,34,38,39). The first kappa shape index (κ1) is 25.6. The van der Waals surface area contributed by atoms with E-state index in [0.717, 1.165) is 51.5 Å². The summed E-state index contributed by atoms with van der Waals surface area (Å²) in [6, 6.07) is 12.2. The molecule has 210 valence electrons. The molecule has 5 heterocycles. The van der Waals surface area contributed by atoms with Crippen LogP contribution in [-0.4, -0.2) is 44.1 Å². The minimum Gasteiger partial charge on any atom is -0.444 e. The molecule has 8 heteroatoms. The van der Waals surface area contributed by atoms with Crippen LogP contribution in [0.2, 0.25) is 0 Å². The molecule has 4 aromatic rings. The van der Waals surface area contributed by atoms with Gasteiger partial charge in [0.1, 0.15) is 5.60 Å². The Labute approximate surface area is 238 Å². The van der Waals surface area contributed by atoms with Crippen molar-refractivity contribution in [3.63, 3.8) is 0 Å². The quantitative estimate of drug-likeness (QED) is 0.334. The van der Waals surface area contributed by atoms with Gasteiger partial charge in [-0.2, -0.15) is 0 Å². The summed E-state index contributed by atoms with van der Waals surface area (Å²) in [4.78, 5) is 41.6. The van der Waals surface area contributed by atoms with Crippen LogP contribution in [0.5, 0.6) is 0 Å². The van der Waals surface area contributed by atoms with Crippen molar-refractivity contribution in [3.05, 3.63) is 71.0 Å². The van der Waals surface area contributed by atoms with E-state index in [9.17, 15) is 14.4 Å². The van der Waals surface area contributed by atoms with Gasteiger partial charge in [0.15, 0.2) is 0 Å². The smallest absolute Gasteiger partial charge is 0.410 e. The van der Waals surface area contributed by atoms with Crippen LogP contribution in [0.15, 0.2) is 48.8 Å². The third-order valence-electron chi connectivity index (χ3n) is 8.32. The Bertz CT molecular complexity index is 1850. The van der Waals surface area contributed by atoms with Gasteiger partial charge in [-0.25, -0.2) is 4.79 Å². The summed E-state index contributed by atoms with van der Waals surface area (Å²) in [5.74, 6) is -0.748. The van der Waals surface area contributed by atoms with Crippen molar-refractivity contribution in [2.24, 2.45) is 5.41 Å². The van der Waals surface area contributed by atoms with Crippen LogP contribution in [-0.2, 0) is 40.4 Å². The Hall–Kier alpha value is -4.33. The lowest BCUT2D eigenvalue weighted by Gasteiger charge is -2.31. The number of benzene rings is 2. The normalized spacial score (nSPS) is 18.3. The maximum Gasteiger partial charge on any atom is 0.410 e. The van der Waals surface area contributed by atoms with Gasteiger partial charge in [0.05, 0.1) is 28.7 Å². The zero-order valence-electron chi connectivity index (χ0n) is 24.1. The van der Waals surface area contributed by atoms with Crippen LogP contribution in [0.25, 0.3) is 33.0 Å². The molecule has 0 atom stereocenters. The first-order valence-corrected chi connectivity index (χ1v) is 14.2. The molecule has 0 spiro atoms. The van der Waals surface area contributed by atoms with E-state index in [2.05, 4.69) is 46.6 Å². The maximum absolute atomic E-state index is 13.5. The van der Waals surface area contributed by atoms with E-state index in [1.807, 2.05) is 51.2 Å². The molecule has 0 fully saturated rings. The second-order valence-corrected chi connectivity index (χ2v) is 13.3. The summed E-state index contributed by atoms with van der Waals surface area (Å²) in [7, 11) is 0. The second-order valence-electron chi connectivity index (χ2n) is 13.3. The number of amides is 3. The second kappa shape index (κ2) is 8.59. The molecule has 3 aliphatic rings. The molecule has 7 rings (SSSR count). The fourth-order valence-corrected chi connectivity index (χ4v) is 6.84. The van der Waals surface area contributed by atoms with E-state index in [4.69, 9.17) is 4.74 Å². The molecule has 1 N–H and O–H groups in total. The summed E-state index contributed by atoms with van der Waals surface area (Å²) in [6.45, 7) is 12.4. The number of hydrogen-bond donors (Lipinski definition) is 1. The zero-order chi connectivity index (χ0) is 28.8. The Morgan fingerprint density at radius 1 is 0.854 bits per heavy atom. The first-order valence-electron chi connectivity index (χ1n) is 14.2. The van der Waals surface area contributed by atoms with Crippen molar-refractivity contribution < 1.29 is 19.1 Å². The highest BCUT2D eigenvalue weighted by atomic mass is 16.6. The van der Waals surface area contributed by atoms with Gasteiger partial charge < -0.3 is 18.8 Å². The minimum absolute atomic E-state index is 0.0906. The monoisotopic (exact) mass is 550 g/mol. The molecule has 0 unspecified atom stereocenters. The molecular weight excluding hydrogens is 516 g/mol. The molecule has 0 saturated carbocycles. The van der Waals surface area contributed by atoms with Crippen molar-refractivity contribution in [2.75, 3.05) is 6.54 Å². The van der Waals surface area contributed by atoms with Gasteiger partial charge >= 0.3 is 6.09 Å². The van der Waals surface area contributed by atoms with Crippen molar-refractivity contribution >= 4 is 50.9 Å². The van der Waals surface area contributed by atoms with Gasteiger partial charge in [0, 0.05) is 53.9 Å². The van der Waals surface area contributed by atoms with Crippen molar-refractivity contribution in [1.82, 2.24) is 19.4 Å². The van der Waals surface area contributed by atoms with Crippen LogP contribution in [0.3, 0.4) is 0 Å². The predicted octanol–water partition coefficient (Wildman–Crippen LogP) is 5.50. The van der Waals surface area contributed by atoms with Crippen molar-refractivity contribution in [3.8, 4) is 0 Å². The average Bonchev–Trinajstić information content (AvgIpc) is 3.46. The summed E-state index contributed by atoms with van der Waals surface area (Å²) < 4.78 is 9.99. The molecule has 8 nitrogen and oxygen atoms in total. The number of aromatic nitrogens is 2. The molecule has 3 amide bonds. The number of carbonyl (C=O) groups excluding carboxylic acids is 3. The molecule has 0 saturated heterocycles. The van der Waals surface area contributed by atoms with Gasteiger partial charge in [-0.05, 0) is 43.7 Å². The number of ether oxygens (including phenoxy) is 1. The third-order valence-corrected chi connectivity index (χ3v) is 8.32. The Morgan fingerprint density at radius 3 is 2.07 bits per heavy atom. The van der Waals surface area contributed by atoms with E-state index in [1.54, 1.807) is 4.90 Å². The minimum atomic E-state index is -0.581. The molecule has 3 aliphatic heterocycles. The third kappa shape index (κ3) is 4.07. The molecular formula is C33H34N4O4. The molecule has 0 bridgehead atoms. The topological polar surface area (TPSA) is 85.6 Å². The summed E-state index contributed by atoms with van der Waals surface area (Å²) in [5.41, 5.74) is 6.20. The molecule has 0 aliphatic carbocycles. The number of nitrogens with one attached hydrogen (secondary N) is 1. The number of nitrogens with zero attached hydrogens (tertiary/aromatic N) is 3.